The fraction of sp³-hybridized carbons (Fsp3) is 0.875. The molecule has 1 rings (SSSR count). The minimum absolute atomic E-state index is 0.105. The van der Waals surface area contributed by atoms with Crippen molar-refractivity contribution in [2.24, 2.45) is 5.92 Å². The van der Waals surface area contributed by atoms with Crippen LogP contribution < -0.4 is 10.6 Å². The van der Waals surface area contributed by atoms with E-state index in [2.05, 4.69) is 24.5 Å². The van der Waals surface area contributed by atoms with E-state index in [4.69, 9.17) is 0 Å². The second-order valence-corrected chi connectivity index (χ2v) is 3.83. The molecule has 0 aliphatic carbocycles. The van der Waals surface area contributed by atoms with Gasteiger partial charge < -0.3 is 5.32 Å². The monoisotopic (exact) mass is 156 g/mol. The van der Waals surface area contributed by atoms with Crippen molar-refractivity contribution in [3.05, 3.63) is 0 Å². The van der Waals surface area contributed by atoms with E-state index in [1.807, 2.05) is 6.92 Å². The van der Waals surface area contributed by atoms with Crippen LogP contribution in [0, 0.1) is 5.92 Å². The molecule has 11 heavy (non-hydrogen) atoms. The smallest absolute Gasteiger partial charge is 0.235 e. The summed E-state index contributed by atoms with van der Waals surface area (Å²) in [6.07, 6.45) is 0.985. The molecule has 0 spiro atoms. The largest absolute Gasteiger partial charge is 0.337 e. The van der Waals surface area contributed by atoms with E-state index in [1.54, 1.807) is 0 Å². The van der Waals surface area contributed by atoms with Gasteiger partial charge in [0, 0.05) is 0 Å². The van der Waals surface area contributed by atoms with Gasteiger partial charge in [-0.2, -0.15) is 0 Å². The quantitative estimate of drug-likeness (QED) is 0.610. The summed E-state index contributed by atoms with van der Waals surface area (Å²) in [6.45, 7) is 6.79. The van der Waals surface area contributed by atoms with Crippen LogP contribution in [-0.2, 0) is 4.79 Å². The second kappa shape index (κ2) is 2.81. The van der Waals surface area contributed by atoms with Crippen molar-refractivity contribution in [2.45, 2.75) is 32.9 Å². The van der Waals surface area contributed by atoms with Crippen LogP contribution >= 0.6 is 0 Å². The van der Waals surface area contributed by atoms with Crippen molar-refractivity contribution in [3.63, 3.8) is 0 Å². The zero-order valence-corrected chi connectivity index (χ0v) is 7.40. The number of carbonyl (C=O) groups is 1. The lowest BCUT2D eigenvalue weighted by Gasteiger charge is -2.26. The van der Waals surface area contributed by atoms with E-state index in [1.165, 1.54) is 0 Å². The third-order valence-corrected chi connectivity index (χ3v) is 1.87. The Morgan fingerprint density at radius 3 is 2.64 bits per heavy atom. The Bertz CT molecular complexity index is 167. The van der Waals surface area contributed by atoms with Gasteiger partial charge in [0.05, 0.1) is 12.2 Å². The highest BCUT2D eigenvalue weighted by molar-refractivity contribution is 5.81. The Morgan fingerprint density at radius 2 is 2.27 bits per heavy atom. The lowest BCUT2D eigenvalue weighted by molar-refractivity contribution is -0.118. The van der Waals surface area contributed by atoms with Crippen LogP contribution in [-0.4, -0.2) is 18.1 Å². The zero-order valence-electron chi connectivity index (χ0n) is 7.40. The van der Waals surface area contributed by atoms with Gasteiger partial charge in [0.1, 0.15) is 0 Å². The fourth-order valence-electron chi connectivity index (χ4n) is 1.61. The van der Waals surface area contributed by atoms with Crippen LogP contribution in [0.5, 0.6) is 0 Å². The van der Waals surface area contributed by atoms with E-state index in [0.717, 1.165) is 6.42 Å². The van der Waals surface area contributed by atoms with E-state index >= 15 is 0 Å². The maximum absolute atomic E-state index is 10.9. The summed E-state index contributed by atoms with van der Waals surface area (Å²) < 4.78 is 0. The number of carbonyl (C=O) groups excluding carboxylic acids is 1. The van der Waals surface area contributed by atoms with Gasteiger partial charge in [-0.05, 0) is 19.3 Å². The Morgan fingerprint density at radius 1 is 1.64 bits per heavy atom. The summed E-state index contributed by atoms with van der Waals surface area (Å²) in [6, 6.07) is 0. The molecule has 0 aromatic heterocycles. The number of hydrogen-bond acceptors (Lipinski definition) is 2. The normalized spacial score (nSPS) is 31.1. The molecule has 3 heteroatoms. The molecule has 0 aromatic rings. The molecule has 0 aromatic carbocycles. The molecule has 1 aliphatic heterocycles. The average molecular weight is 156 g/mol. The van der Waals surface area contributed by atoms with Crippen molar-refractivity contribution in [1.82, 2.24) is 10.6 Å². The van der Waals surface area contributed by atoms with E-state index in [-0.39, 0.29) is 11.6 Å². The molecule has 64 valence electrons. The third-order valence-electron chi connectivity index (χ3n) is 1.87. The van der Waals surface area contributed by atoms with Gasteiger partial charge in [0.25, 0.3) is 0 Å². The number of amides is 1. The molecule has 1 amide bonds. The Hall–Kier alpha value is -0.570. The maximum Gasteiger partial charge on any atom is 0.235 e. The van der Waals surface area contributed by atoms with Crippen molar-refractivity contribution >= 4 is 5.91 Å². The van der Waals surface area contributed by atoms with Crippen LogP contribution in [0.15, 0.2) is 0 Å². The number of nitrogens with one attached hydrogen (secondary N) is 2. The van der Waals surface area contributed by atoms with Gasteiger partial charge in [0.2, 0.25) is 5.91 Å². The van der Waals surface area contributed by atoms with Crippen LogP contribution in [0.4, 0.5) is 0 Å². The molecule has 1 heterocycles. The molecule has 0 saturated carbocycles. The van der Waals surface area contributed by atoms with Gasteiger partial charge in [-0.1, -0.05) is 13.8 Å². The average Bonchev–Trinajstić information content (AvgIpc) is 2.08. The Balaban J connectivity index is 2.48. The summed E-state index contributed by atoms with van der Waals surface area (Å²) in [5, 5.41) is 6.06. The SMILES string of the molecule is CC(C)CC1(C)NCC(=O)N1. The van der Waals surface area contributed by atoms with Crippen molar-refractivity contribution in [2.75, 3.05) is 6.54 Å². The van der Waals surface area contributed by atoms with Gasteiger partial charge in [-0.15, -0.1) is 0 Å². The van der Waals surface area contributed by atoms with Crippen molar-refractivity contribution < 1.29 is 4.79 Å². The topological polar surface area (TPSA) is 41.1 Å². The van der Waals surface area contributed by atoms with Crippen LogP contribution in [0.25, 0.3) is 0 Å². The maximum atomic E-state index is 10.9. The first-order valence-corrected chi connectivity index (χ1v) is 4.08. The van der Waals surface area contributed by atoms with Gasteiger partial charge >= 0.3 is 0 Å². The molecule has 3 nitrogen and oxygen atoms in total. The highest BCUT2D eigenvalue weighted by Crippen LogP contribution is 2.15. The van der Waals surface area contributed by atoms with E-state index in [9.17, 15) is 4.79 Å². The molecular weight excluding hydrogens is 140 g/mol. The van der Waals surface area contributed by atoms with Gasteiger partial charge in [-0.25, -0.2) is 0 Å². The second-order valence-electron chi connectivity index (χ2n) is 3.83. The summed E-state index contributed by atoms with van der Waals surface area (Å²) in [7, 11) is 0. The van der Waals surface area contributed by atoms with Crippen molar-refractivity contribution in [3.8, 4) is 0 Å². The lowest BCUT2D eigenvalue weighted by atomic mass is 10.0. The summed E-state index contributed by atoms with van der Waals surface area (Å²) in [5.41, 5.74) is -0.161. The highest BCUT2D eigenvalue weighted by Gasteiger charge is 2.32. The zero-order chi connectivity index (χ0) is 8.48. The minimum Gasteiger partial charge on any atom is -0.337 e. The lowest BCUT2D eigenvalue weighted by Crippen LogP contribution is -2.47. The van der Waals surface area contributed by atoms with Crippen molar-refractivity contribution in [1.29, 1.82) is 0 Å². The van der Waals surface area contributed by atoms with Crippen LogP contribution in [0.1, 0.15) is 27.2 Å². The first-order valence-electron chi connectivity index (χ1n) is 4.08. The first-order chi connectivity index (χ1) is 5.02. The standard InChI is InChI=1S/C8H16N2O/c1-6(2)4-8(3)9-5-7(11)10-8/h6,9H,4-5H2,1-3H3,(H,10,11). The number of rotatable bonds is 2. The summed E-state index contributed by atoms with van der Waals surface area (Å²) in [5.74, 6) is 0.707. The van der Waals surface area contributed by atoms with E-state index < -0.39 is 0 Å². The Labute approximate surface area is 67.5 Å². The predicted molar refractivity (Wildman–Crippen MR) is 44.0 cm³/mol. The Kier molecular flexibility index (Phi) is 2.18. The molecule has 2 N–H and O–H groups in total. The molecular formula is C8H16N2O. The highest BCUT2D eigenvalue weighted by atomic mass is 16.2. The molecule has 1 fully saturated rings. The first kappa shape index (κ1) is 8.53. The minimum atomic E-state index is -0.161. The molecule has 1 atom stereocenters. The predicted octanol–water partition coefficient (Wildman–Crippen LogP) is 0.468. The summed E-state index contributed by atoms with van der Waals surface area (Å²) in [4.78, 5) is 10.9. The van der Waals surface area contributed by atoms with E-state index in [0.29, 0.717) is 12.5 Å². The number of hydrogen-bond donors (Lipinski definition) is 2. The fourth-order valence-corrected chi connectivity index (χ4v) is 1.61. The van der Waals surface area contributed by atoms with Gasteiger partial charge in [-0.3, -0.25) is 10.1 Å². The molecule has 1 saturated heterocycles. The molecule has 0 bridgehead atoms. The van der Waals surface area contributed by atoms with Gasteiger partial charge in [0.15, 0.2) is 0 Å². The van der Waals surface area contributed by atoms with Crippen LogP contribution in [0.3, 0.4) is 0 Å². The molecule has 1 unspecified atom stereocenters. The molecule has 1 aliphatic rings. The molecule has 0 radical (unpaired) electrons. The summed E-state index contributed by atoms with van der Waals surface area (Å²) >= 11 is 0. The third kappa shape index (κ3) is 2.19. The van der Waals surface area contributed by atoms with Crippen LogP contribution in [0.2, 0.25) is 0 Å².